The van der Waals surface area contributed by atoms with Crippen LogP contribution >= 0.6 is 11.3 Å². The van der Waals surface area contributed by atoms with Crippen LogP contribution in [0, 0.1) is 11.3 Å². The minimum Gasteiger partial charge on any atom is -0.388 e. The van der Waals surface area contributed by atoms with Crippen LogP contribution in [0.3, 0.4) is 0 Å². The van der Waals surface area contributed by atoms with Crippen molar-refractivity contribution >= 4 is 43.9 Å². The lowest BCUT2D eigenvalue weighted by Gasteiger charge is -2.39. The maximum atomic E-state index is 12.9. The molecule has 1 aromatic heterocycles. The molecule has 0 aliphatic carbocycles. The fourth-order valence-electron chi connectivity index (χ4n) is 5.19. The zero-order valence-corrected chi connectivity index (χ0v) is 23.7. The number of nitriles is 1. The average Bonchev–Trinajstić information content (AvgIpc) is 3.44. The van der Waals surface area contributed by atoms with Crippen LogP contribution < -0.4 is 9.62 Å². The van der Waals surface area contributed by atoms with E-state index in [0.717, 1.165) is 34.3 Å². The lowest BCUT2D eigenvalue weighted by Crippen LogP contribution is -2.59. The minimum atomic E-state index is -4.22. The maximum absolute atomic E-state index is 12.9. The lowest BCUT2D eigenvalue weighted by molar-refractivity contribution is -0.214. The smallest absolute Gasteiger partial charge is 0.250 e. The van der Waals surface area contributed by atoms with Crippen LogP contribution in [0.2, 0.25) is 0 Å². The van der Waals surface area contributed by atoms with Crippen LogP contribution in [-0.4, -0.2) is 73.9 Å². The number of allylic oxidation sites excluding steroid dienone is 1. The van der Waals surface area contributed by atoms with Crippen LogP contribution in [-0.2, 0) is 14.8 Å². The molecular weight excluding hydrogens is 550 g/mol. The zero-order valence-electron chi connectivity index (χ0n) is 22.1. The summed E-state index contributed by atoms with van der Waals surface area (Å²) in [7, 11) is -4.22. The van der Waals surface area contributed by atoms with Gasteiger partial charge in [-0.15, -0.1) is 11.3 Å². The first-order valence-electron chi connectivity index (χ1n) is 13.4. The summed E-state index contributed by atoms with van der Waals surface area (Å²) in [6, 6.07) is 18.2. The number of ether oxygens (including phenoxy) is 1. The van der Waals surface area contributed by atoms with E-state index >= 15 is 0 Å². The summed E-state index contributed by atoms with van der Waals surface area (Å²) in [4.78, 5) is 3.49. The first-order chi connectivity index (χ1) is 19.2. The highest BCUT2D eigenvalue weighted by molar-refractivity contribution is 7.93. The van der Waals surface area contributed by atoms with E-state index in [0.29, 0.717) is 4.88 Å². The van der Waals surface area contributed by atoms with Gasteiger partial charge in [0.25, 0.3) is 10.0 Å². The van der Waals surface area contributed by atoms with Gasteiger partial charge >= 0.3 is 0 Å². The van der Waals surface area contributed by atoms with Gasteiger partial charge in [-0.25, -0.2) is 13.1 Å². The van der Waals surface area contributed by atoms with Crippen molar-refractivity contribution in [1.82, 2.24) is 4.72 Å². The number of aliphatic hydroxyl groups is 3. The van der Waals surface area contributed by atoms with Gasteiger partial charge in [0.15, 0.2) is 4.91 Å². The van der Waals surface area contributed by atoms with Crippen LogP contribution in [0.1, 0.15) is 31.1 Å². The summed E-state index contributed by atoms with van der Waals surface area (Å²) in [5, 5.41) is 41.8. The number of aliphatic hydroxyl groups excluding tert-OH is 3. The predicted octanol–water partition coefficient (Wildman–Crippen LogP) is 3.21. The number of hydrogen-bond acceptors (Lipinski definition) is 9. The van der Waals surface area contributed by atoms with Crippen LogP contribution in [0.4, 0.5) is 5.69 Å². The SMILES string of the molecule is CC1O[C@H](CNS(=O)(=O)/C(C#N)=C/c2ccc(-c3ccc4cc(N5CCCCC5)ccc4c3)s2)[C@@H](O)[C@H](O)[C@H]1O. The average molecular weight is 584 g/mol. The first kappa shape index (κ1) is 28.7. The molecule has 212 valence electrons. The zero-order chi connectivity index (χ0) is 28.4. The summed E-state index contributed by atoms with van der Waals surface area (Å²) in [6.45, 7) is 3.32. The number of anilines is 1. The molecule has 2 aromatic carbocycles. The Hall–Kier alpha value is -2.82. The van der Waals surface area contributed by atoms with Crippen molar-refractivity contribution in [3.63, 3.8) is 0 Å². The molecule has 0 amide bonds. The Bertz CT molecular complexity index is 1540. The molecule has 1 unspecified atom stereocenters. The molecule has 11 heteroatoms. The number of fused-ring (bicyclic) bond motifs is 1. The summed E-state index contributed by atoms with van der Waals surface area (Å²) >= 11 is 1.37. The van der Waals surface area contributed by atoms with Crippen LogP contribution in [0.25, 0.3) is 27.3 Å². The number of nitrogens with one attached hydrogen (secondary N) is 1. The summed E-state index contributed by atoms with van der Waals surface area (Å²) in [6.07, 6.45) is -1.07. The molecule has 9 nitrogen and oxygen atoms in total. The van der Waals surface area contributed by atoms with E-state index in [2.05, 4.69) is 40.0 Å². The molecule has 4 N–H and O–H groups in total. The molecule has 0 bridgehead atoms. The quantitative estimate of drug-likeness (QED) is 0.311. The van der Waals surface area contributed by atoms with Gasteiger partial charge in [-0.3, -0.25) is 0 Å². The second-order valence-electron chi connectivity index (χ2n) is 10.3. The number of benzene rings is 2. The molecule has 2 aliphatic heterocycles. The Morgan fingerprint density at radius 3 is 2.52 bits per heavy atom. The highest BCUT2D eigenvalue weighted by Gasteiger charge is 2.42. The number of rotatable bonds is 7. The molecule has 2 saturated heterocycles. The van der Waals surface area contributed by atoms with E-state index in [1.807, 2.05) is 12.1 Å². The molecule has 5 rings (SSSR count). The van der Waals surface area contributed by atoms with E-state index in [9.17, 15) is 29.0 Å². The monoisotopic (exact) mass is 583 g/mol. The van der Waals surface area contributed by atoms with Gasteiger partial charge in [0, 0.05) is 35.1 Å². The van der Waals surface area contributed by atoms with Gasteiger partial charge < -0.3 is 25.0 Å². The van der Waals surface area contributed by atoms with Crippen molar-refractivity contribution in [2.24, 2.45) is 0 Å². The Balaban J connectivity index is 1.29. The summed E-state index contributed by atoms with van der Waals surface area (Å²) in [5.41, 5.74) is 2.25. The predicted molar refractivity (Wildman–Crippen MR) is 156 cm³/mol. The fraction of sp³-hybridized carbons (Fsp3) is 0.414. The standard InChI is InChI=1S/C29H33N3O6S2/c1-18-27(33)29(35)28(34)25(38-18)17-31-40(36,37)24(16-30)15-23-9-10-26(39-23)21-6-5-20-14-22(8-7-19(20)13-21)32-11-3-2-4-12-32/h5-10,13-15,18,25,27-29,31,33-35H,2-4,11-12,17H2,1H3/b24-15+/t18?,25-,27+,28-,29-/m1/s1. The maximum Gasteiger partial charge on any atom is 0.250 e. The third kappa shape index (κ3) is 6.09. The Kier molecular flexibility index (Phi) is 8.58. The molecule has 0 saturated carbocycles. The van der Waals surface area contributed by atoms with E-state index < -0.39 is 45.4 Å². The first-order valence-corrected chi connectivity index (χ1v) is 15.7. The fourth-order valence-corrected chi connectivity index (χ4v) is 7.16. The van der Waals surface area contributed by atoms with E-state index in [1.54, 1.807) is 12.1 Å². The molecule has 3 aromatic rings. The van der Waals surface area contributed by atoms with Gasteiger partial charge in [0.2, 0.25) is 0 Å². The van der Waals surface area contributed by atoms with Gasteiger partial charge in [-0.05, 0) is 78.9 Å². The molecule has 2 aliphatic rings. The molecule has 0 radical (unpaired) electrons. The van der Waals surface area contributed by atoms with Gasteiger partial charge in [-0.1, -0.05) is 18.2 Å². The van der Waals surface area contributed by atoms with E-state index in [-0.39, 0.29) is 6.54 Å². The second-order valence-corrected chi connectivity index (χ2v) is 13.2. The topological polar surface area (TPSA) is 143 Å². The summed E-state index contributed by atoms with van der Waals surface area (Å²) < 4.78 is 33.4. The van der Waals surface area contributed by atoms with Crippen LogP contribution in [0.15, 0.2) is 53.4 Å². The molecule has 3 heterocycles. The molecule has 0 spiro atoms. The number of piperidine rings is 1. The van der Waals surface area contributed by atoms with Crippen molar-refractivity contribution in [2.45, 2.75) is 56.7 Å². The minimum absolute atomic E-state index is 0.372. The molecule has 5 atom stereocenters. The van der Waals surface area contributed by atoms with Crippen molar-refractivity contribution in [2.75, 3.05) is 24.5 Å². The normalized spacial score (nSPS) is 26.1. The van der Waals surface area contributed by atoms with Gasteiger partial charge in [0.1, 0.15) is 30.5 Å². The molecular formula is C29H33N3O6S2. The van der Waals surface area contributed by atoms with Crippen molar-refractivity contribution in [1.29, 1.82) is 5.26 Å². The number of sulfonamides is 1. The summed E-state index contributed by atoms with van der Waals surface area (Å²) in [5.74, 6) is 0. The number of nitrogens with zero attached hydrogens (tertiary/aromatic N) is 2. The van der Waals surface area contributed by atoms with E-state index in [1.165, 1.54) is 49.3 Å². The Labute approximate surface area is 238 Å². The molecule has 40 heavy (non-hydrogen) atoms. The van der Waals surface area contributed by atoms with Crippen molar-refractivity contribution in [3.05, 3.63) is 58.3 Å². The third-order valence-corrected chi connectivity index (χ3v) is 9.97. The Morgan fingerprint density at radius 2 is 1.77 bits per heavy atom. The number of thiophene rings is 1. The highest BCUT2D eigenvalue weighted by Crippen LogP contribution is 2.33. The van der Waals surface area contributed by atoms with E-state index in [4.69, 9.17) is 4.74 Å². The van der Waals surface area contributed by atoms with Crippen molar-refractivity contribution in [3.8, 4) is 16.5 Å². The van der Waals surface area contributed by atoms with Gasteiger partial charge in [0.05, 0.1) is 6.10 Å². The van der Waals surface area contributed by atoms with Crippen LogP contribution in [0.5, 0.6) is 0 Å². The van der Waals surface area contributed by atoms with Crippen molar-refractivity contribution < 1.29 is 28.5 Å². The highest BCUT2D eigenvalue weighted by atomic mass is 32.2. The third-order valence-electron chi connectivity index (χ3n) is 7.56. The Morgan fingerprint density at radius 1 is 1.05 bits per heavy atom. The second kappa shape index (κ2) is 12.0. The lowest BCUT2D eigenvalue weighted by atomic mass is 9.96. The van der Waals surface area contributed by atoms with Gasteiger partial charge in [-0.2, -0.15) is 5.26 Å². The molecule has 2 fully saturated rings. The number of hydrogen-bond donors (Lipinski definition) is 4. The largest absolute Gasteiger partial charge is 0.388 e.